The molecule has 0 aromatic heterocycles. The van der Waals surface area contributed by atoms with Crippen LogP contribution in [0.2, 0.25) is 0 Å². The molecule has 0 radical (unpaired) electrons. The zero-order valence-corrected chi connectivity index (χ0v) is 40.8. The number of hydrogen-bond acceptors (Lipinski definition) is 34. The first-order valence-electron chi connectivity index (χ1n) is 24.9. The Bertz CT molecular complexity index is 1470. The molecule has 0 spiro atoms. The van der Waals surface area contributed by atoms with Gasteiger partial charge in [0.2, 0.25) is 0 Å². The van der Waals surface area contributed by atoms with Gasteiger partial charge >= 0.3 is 0 Å². The van der Waals surface area contributed by atoms with Gasteiger partial charge in [-0.3, -0.25) is 0 Å². The Kier molecular flexibility index (Phi) is 20.9. The fourth-order valence-corrected chi connectivity index (χ4v) is 10.6. The second kappa shape index (κ2) is 26.1. The van der Waals surface area contributed by atoms with Crippen LogP contribution >= 0.6 is 0 Å². The van der Waals surface area contributed by atoms with Crippen LogP contribution in [0.4, 0.5) is 0 Å². The molecule has 14 bridgehead atoms. The number of hydrogen-bond donors (Lipinski definition) is 20. The summed E-state index contributed by atoms with van der Waals surface area (Å²) in [5, 5.41) is 220. The molecular weight excluding hydrogens is 1060 g/mol. The van der Waals surface area contributed by atoms with Crippen LogP contribution in [0.1, 0.15) is 6.92 Å². The van der Waals surface area contributed by atoms with E-state index in [1.54, 1.807) is 0 Å². The Morgan fingerprint density at radius 1 is 0.195 bits per heavy atom. The molecule has 0 aliphatic carbocycles. The van der Waals surface area contributed by atoms with Gasteiger partial charge < -0.3 is 168 Å². The van der Waals surface area contributed by atoms with Crippen molar-refractivity contribution >= 4 is 0 Å². The van der Waals surface area contributed by atoms with Crippen molar-refractivity contribution in [2.24, 2.45) is 5.92 Å². The van der Waals surface area contributed by atoms with E-state index < -0.39 is 261 Å². The molecule has 35 atom stereocenters. The van der Waals surface area contributed by atoms with Crippen LogP contribution in [0.15, 0.2) is 0 Å². The maximum absolute atomic E-state index is 11.6. The van der Waals surface area contributed by atoms with Crippen molar-refractivity contribution in [1.82, 2.24) is 0 Å². The maximum atomic E-state index is 11.6. The van der Waals surface area contributed by atoms with E-state index >= 15 is 0 Å². The van der Waals surface area contributed by atoms with E-state index in [9.17, 15) is 102 Å². The van der Waals surface area contributed by atoms with Gasteiger partial charge in [0.15, 0.2) is 44.0 Å². The minimum absolute atomic E-state index is 0.936. The van der Waals surface area contributed by atoms with Crippen LogP contribution in [0.25, 0.3) is 0 Å². The molecule has 448 valence electrons. The van der Waals surface area contributed by atoms with Crippen molar-refractivity contribution in [2.45, 2.75) is 216 Å². The molecule has 0 aromatic rings. The van der Waals surface area contributed by atoms with Gasteiger partial charge in [-0.15, -0.1) is 0 Å². The standard InChI is InChI=1S/C43H72O34/c1-9-17(51)30-10(2-44)64-37(9)71-31-11(3-45)65-39(24(58)18(31)52)73-33-13(5-47)67-41(26(60)20(33)54)75-35-15(7-49)69-43(28(62)22(35)56)77-36-16(8-50)70-42(29(63)23(36)57)76-34-14(6-48)68-40(27(61)21(34)55)74-32-12(4-46)66-38(72-30)25(59)19(32)53/h9-63H,2-8H2,1H3/t9?,10?,11?,12?,13?,14?,15?,16?,17-,18-,19-,20-,21-,22-,23-,24?,25?,26?,27?,28?,29?,30-,31-,32-,33-,34-,35-,36-,37-,38-,39-,40-,41-,42-,43-/m1/s1. The summed E-state index contributed by atoms with van der Waals surface area (Å²) in [4.78, 5) is 0. The minimum atomic E-state index is -2.19. The third-order valence-electron chi connectivity index (χ3n) is 15.1. The summed E-state index contributed by atoms with van der Waals surface area (Å²) in [5.41, 5.74) is 0. The van der Waals surface area contributed by atoms with Gasteiger partial charge in [-0.1, -0.05) is 6.92 Å². The molecule has 14 unspecified atom stereocenters. The average Bonchev–Trinajstić information content (AvgIpc) is 3.47. The molecule has 34 nitrogen and oxygen atoms in total. The predicted molar refractivity (Wildman–Crippen MR) is 232 cm³/mol. The van der Waals surface area contributed by atoms with E-state index in [-0.39, 0.29) is 0 Å². The van der Waals surface area contributed by atoms with Crippen molar-refractivity contribution < 1.29 is 168 Å². The number of aliphatic hydroxyl groups is 20. The minimum Gasteiger partial charge on any atom is -0.394 e. The zero-order valence-electron chi connectivity index (χ0n) is 40.8. The van der Waals surface area contributed by atoms with E-state index in [4.69, 9.17) is 66.3 Å². The molecule has 0 amide bonds. The lowest BCUT2D eigenvalue weighted by molar-refractivity contribution is -0.396. The SMILES string of the molecule is CC1[C@@H]2OC(CO)[C@@H](O[C@H]3OC(CO)[C@@H](O[C@H]4OC(CO)[C@@H](O[C@H]5OC(CO)[C@@H](O[C@H]6OC(CO)[C@@H](O[C@H]7OC(CO)[C@@H](O[C@H]8OC(CO)[C@@H](O2)[C@H](O)C8O)[C@H](O)C7O)[C@H](O)C6O)[C@H](O)C5O)[C@H](O)C4O)[C@H](O)C3O)[C@@H]1O. The number of aliphatic hydroxyl groups excluding tert-OH is 20. The first kappa shape index (κ1) is 61.7. The molecule has 21 saturated heterocycles. The zero-order chi connectivity index (χ0) is 56.1. The Labute approximate surface area is 435 Å². The molecule has 20 N–H and O–H groups in total. The summed E-state index contributed by atoms with van der Waals surface area (Å²) in [6.45, 7) is -5.66. The lowest BCUT2D eigenvalue weighted by Gasteiger charge is -2.50. The molecule has 0 aromatic carbocycles. The summed E-state index contributed by atoms with van der Waals surface area (Å²) in [6.07, 6.45) is -65.4. The molecule has 21 aliphatic rings. The normalized spacial score (nSPS) is 55.4. The Hall–Kier alpha value is -1.36. The Morgan fingerprint density at radius 3 is 0.506 bits per heavy atom. The summed E-state index contributed by atoms with van der Waals surface area (Å²) < 4.78 is 80.5. The van der Waals surface area contributed by atoms with E-state index in [1.165, 1.54) is 6.92 Å². The van der Waals surface area contributed by atoms with Crippen LogP contribution in [0.3, 0.4) is 0 Å². The maximum Gasteiger partial charge on any atom is 0.187 e. The molecule has 0 saturated carbocycles. The molecule has 77 heavy (non-hydrogen) atoms. The highest BCUT2D eigenvalue weighted by Crippen LogP contribution is 2.39. The van der Waals surface area contributed by atoms with Gasteiger partial charge in [0.25, 0.3) is 0 Å². The van der Waals surface area contributed by atoms with E-state index in [0.29, 0.717) is 0 Å². The lowest BCUT2D eigenvalue weighted by atomic mass is 9.91. The smallest absolute Gasteiger partial charge is 0.187 e. The molecule has 21 rings (SSSR count). The van der Waals surface area contributed by atoms with Gasteiger partial charge in [-0.2, -0.15) is 0 Å². The quantitative estimate of drug-likeness (QED) is 0.113. The van der Waals surface area contributed by atoms with Gasteiger partial charge in [0, 0.05) is 5.92 Å². The highest BCUT2D eigenvalue weighted by atomic mass is 16.8. The molecule has 21 aliphatic heterocycles. The van der Waals surface area contributed by atoms with E-state index in [2.05, 4.69) is 0 Å². The second-order valence-electron chi connectivity index (χ2n) is 20.0. The molecular formula is C43H72O34. The van der Waals surface area contributed by atoms with E-state index in [0.717, 1.165) is 0 Å². The van der Waals surface area contributed by atoms with Crippen LogP contribution in [0, 0.1) is 5.92 Å². The van der Waals surface area contributed by atoms with Crippen LogP contribution < -0.4 is 0 Å². The fraction of sp³-hybridized carbons (Fsp3) is 1.00. The molecule has 34 heteroatoms. The lowest BCUT2D eigenvalue weighted by Crippen LogP contribution is -2.68. The number of ether oxygens (including phenoxy) is 14. The van der Waals surface area contributed by atoms with Crippen molar-refractivity contribution in [3.05, 3.63) is 0 Å². The Morgan fingerprint density at radius 2 is 0.338 bits per heavy atom. The summed E-state index contributed by atoms with van der Waals surface area (Å²) in [6, 6.07) is 0. The van der Waals surface area contributed by atoms with Crippen LogP contribution in [-0.2, 0) is 66.3 Å². The third-order valence-corrected chi connectivity index (χ3v) is 15.1. The highest BCUT2D eigenvalue weighted by Gasteiger charge is 2.59. The molecule has 21 fully saturated rings. The monoisotopic (exact) mass is 1130 g/mol. The van der Waals surface area contributed by atoms with Crippen molar-refractivity contribution in [1.29, 1.82) is 0 Å². The summed E-state index contributed by atoms with van der Waals surface area (Å²) in [5.74, 6) is -1.21. The third kappa shape index (κ3) is 12.1. The van der Waals surface area contributed by atoms with E-state index in [1.807, 2.05) is 0 Å². The molecule has 21 heterocycles. The van der Waals surface area contributed by atoms with Gasteiger partial charge in [-0.25, -0.2) is 0 Å². The van der Waals surface area contributed by atoms with Crippen molar-refractivity contribution in [3.63, 3.8) is 0 Å². The number of rotatable bonds is 7. The van der Waals surface area contributed by atoms with Crippen molar-refractivity contribution in [3.8, 4) is 0 Å². The summed E-state index contributed by atoms with van der Waals surface area (Å²) in [7, 11) is 0. The van der Waals surface area contributed by atoms with Gasteiger partial charge in [0.05, 0.1) is 52.4 Å². The summed E-state index contributed by atoms with van der Waals surface area (Å²) >= 11 is 0. The first-order valence-corrected chi connectivity index (χ1v) is 24.9. The topological polar surface area (TPSA) is 534 Å². The Balaban J connectivity index is 1.08. The fourth-order valence-electron chi connectivity index (χ4n) is 10.6. The highest BCUT2D eigenvalue weighted by molar-refractivity contribution is 5.01. The largest absolute Gasteiger partial charge is 0.394 e. The first-order chi connectivity index (χ1) is 36.7. The van der Waals surface area contributed by atoms with Crippen molar-refractivity contribution in [2.75, 3.05) is 46.2 Å². The average molecular weight is 1130 g/mol. The van der Waals surface area contributed by atoms with Crippen LogP contribution in [-0.4, -0.2) is 357 Å². The van der Waals surface area contributed by atoms with Crippen LogP contribution in [0.5, 0.6) is 0 Å². The van der Waals surface area contributed by atoms with Gasteiger partial charge in [-0.05, 0) is 0 Å². The predicted octanol–water partition coefficient (Wildman–Crippen LogP) is -14.0. The second-order valence-corrected chi connectivity index (χ2v) is 20.0. The van der Waals surface area contributed by atoms with Gasteiger partial charge in [0.1, 0.15) is 159 Å².